The number of anilines is 1. The van der Waals surface area contributed by atoms with E-state index in [1.165, 1.54) is 12.0 Å². The van der Waals surface area contributed by atoms with Crippen molar-refractivity contribution in [3.63, 3.8) is 0 Å². The highest BCUT2D eigenvalue weighted by molar-refractivity contribution is 5.40. The van der Waals surface area contributed by atoms with Crippen LogP contribution in [0, 0.1) is 0 Å². The van der Waals surface area contributed by atoms with E-state index >= 15 is 0 Å². The van der Waals surface area contributed by atoms with Crippen LogP contribution in [-0.4, -0.2) is 22.6 Å². The summed E-state index contributed by atoms with van der Waals surface area (Å²) in [4.78, 5) is 2.47. The highest BCUT2D eigenvalue weighted by atomic mass is 16.3. The third kappa shape index (κ3) is 3.67. The fourth-order valence-electron chi connectivity index (χ4n) is 3.37. The normalized spacial score (nSPS) is 20.1. The molecule has 1 fully saturated rings. The van der Waals surface area contributed by atoms with E-state index in [2.05, 4.69) is 11.0 Å². The Morgan fingerprint density at radius 3 is 2.73 bits per heavy atom. The predicted octanol–water partition coefficient (Wildman–Crippen LogP) is 3.36. The van der Waals surface area contributed by atoms with Gasteiger partial charge in [0.05, 0.1) is 6.10 Å². The van der Waals surface area contributed by atoms with Gasteiger partial charge in [0.2, 0.25) is 0 Å². The van der Waals surface area contributed by atoms with E-state index in [9.17, 15) is 5.11 Å². The maximum Gasteiger partial charge on any atom is 0.0805 e. The van der Waals surface area contributed by atoms with Crippen molar-refractivity contribution < 1.29 is 5.11 Å². The van der Waals surface area contributed by atoms with Gasteiger partial charge in [0, 0.05) is 18.3 Å². The van der Waals surface area contributed by atoms with E-state index in [-0.39, 0.29) is 6.10 Å². The van der Waals surface area contributed by atoms with Gasteiger partial charge >= 0.3 is 0 Å². The average molecular weight is 296 g/mol. The maximum absolute atomic E-state index is 10.5. The first-order valence-electron chi connectivity index (χ1n) is 8.04. The second-order valence-corrected chi connectivity index (χ2v) is 6.17. The summed E-state index contributed by atoms with van der Waals surface area (Å²) in [6, 6.07) is 18.5. The van der Waals surface area contributed by atoms with Crippen LogP contribution in [0.5, 0.6) is 0 Å². The molecule has 2 aromatic carbocycles. The molecule has 116 valence electrons. The van der Waals surface area contributed by atoms with Crippen molar-refractivity contribution in [2.45, 2.75) is 38.0 Å². The minimum Gasteiger partial charge on any atom is -0.399 e. The van der Waals surface area contributed by atoms with Crippen LogP contribution in [0.15, 0.2) is 54.6 Å². The van der Waals surface area contributed by atoms with Crippen LogP contribution in [0.2, 0.25) is 0 Å². The molecule has 3 heteroatoms. The van der Waals surface area contributed by atoms with E-state index in [1.807, 2.05) is 48.5 Å². The lowest BCUT2D eigenvalue weighted by Crippen LogP contribution is -2.30. The lowest BCUT2D eigenvalue weighted by atomic mass is 10.0. The Morgan fingerprint density at radius 2 is 1.95 bits per heavy atom. The largest absolute Gasteiger partial charge is 0.399 e. The standard InChI is InChI=1S/C19H24N2O/c20-17-9-4-6-15(12-17)14-21-11-5-10-18(21)13-19(22)16-7-2-1-3-8-16/h1-4,6-9,12,18-19,22H,5,10-11,13-14,20H2. The van der Waals surface area contributed by atoms with Crippen LogP contribution in [0.1, 0.15) is 36.5 Å². The molecule has 3 rings (SSSR count). The van der Waals surface area contributed by atoms with Crippen molar-refractivity contribution in [1.29, 1.82) is 0 Å². The third-order valence-corrected chi connectivity index (χ3v) is 4.52. The number of hydrogen-bond donors (Lipinski definition) is 2. The Hall–Kier alpha value is -1.84. The number of benzene rings is 2. The van der Waals surface area contributed by atoms with Crippen molar-refractivity contribution >= 4 is 5.69 Å². The van der Waals surface area contributed by atoms with Gasteiger partial charge in [0.15, 0.2) is 0 Å². The summed E-state index contributed by atoms with van der Waals surface area (Å²) in [5.41, 5.74) is 8.95. The Morgan fingerprint density at radius 1 is 1.14 bits per heavy atom. The molecule has 3 nitrogen and oxygen atoms in total. The number of likely N-dealkylation sites (tertiary alicyclic amines) is 1. The smallest absolute Gasteiger partial charge is 0.0805 e. The predicted molar refractivity (Wildman–Crippen MR) is 90.3 cm³/mol. The maximum atomic E-state index is 10.5. The summed E-state index contributed by atoms with van der Waals surface area (Å²) < 4.78 is 0. The second-order valence-electron chi connectivity index (χ2n) is 6.17. The van der Waals surface area contributed by atoms with Crippen LogP contribution in [-0.2, 0) is 6.54 Å². The fraction of sp³-hybridized carbons (Fsp3) is 0.368. The van der Waals surface area contributed by atoms with E-state index in [0.717, 1.165) is 37.2 Å². The molecular weight excluding hydrogens is 272 g/mol. The van der Waals surface area contributed by atoms with Crippen molar-refractivity contribution in [3.8, 4) is 0 Å². The Kier molecular flexibility index (Phi) is 4.76. The van der Waals surface area contributed by atoms with Crippen LogP contribution >= 0.6 is 0 Å². The van der Waals surface area contributed by atoms with Crippen molar-refractivity contribution in [3.05, 3.63) is 65.7 Å². The first-order valence-corrected chi connectivity index (χ1v) is 8.04. The number of aliphatic hydroxyl groups excluding tert-OH is 1. The van der Waals surface area contributed by atoms with E-state index in [4.69, 9.17) is 5.73 Å². The number of hydrogen-bond acceptors (Lipinski definition) is 3. The zero-order valence-corrected chi connectivity index (χ0v) is 12.9. The summed E-state index contributed by atoms with van der Waals surface area (Å²) in [7, 11) is 0. The molecule has 0 radical (unpaired) electrons. The molecular formula is C19H24N2O. The zero-order valence-electron chi connectivity index (χ0n) is 12.9. The molecule has 0 saturated carbocycles. The first kappa shape index (κ1) is 15.1. The van der Waals surface area contributed by atoms with Crippen LogP contribution < -0.4 is 5.73 Å². The highest BCUT2D eigenvalue weighted by Gasteiger charge is 2.27. The van der Waals surface area contributed by atoms with Gasteiger partial charge < -0.3 is 10.8 Å². The molecule has 0 amide bonds. The highest BCUT2D eigenvalue weighted by Crippen LogP contribution is 2.28. The summed E-state index contributed by atoms with van der Waals surface area (Å²) in [6.45, 7) is 2.01. The average Bonchev–Trinajstić information content (AvgIpc) is 2.95. The third-order valence-electron chi connectivity index (χ3n) is 4.52. The Balaban J connectivity index is 1.63. The number of nitrogens with two attached hydrogens (primary N) is 1. The molecule has 1 aliphatic heterocycles. The summed E-state index contributed by atoms with van der Waals surface area (Å²) in [6.07, 6.45) is 2.78. The Labute approximate surface area is 132 Å². The van der Waals surface area contributed by atoms with E-state index in [1.54, 1.807) is 0 Å². The molecule has 2 unspecified atom stereocenters. The van der Waals surface area contributed by atoms with Gasteiger partial charge in [0.25, 0.3) is 0 Å². The van der Waals surface area contributed by atoms with Gasteiger partial charge in [0.1, 0.15) is 0 Å². The lowest BCUT2D eigenvalue weighted by molar-refractivity contribution is 0.118. The van der Waals surface area contributed by atoms with Crippen molar-refractivity contribution in [1.82, 2.24) is 4.90 Å². The molecule has 3 N–H and O–H groups in total. The molecule has 2 aromatic rings. The first-order chi connectivity index (χ1) is 10.7. The lowest BCUT2D eigenvalue weighted by Gasteiger charge is -2.26. The van der Waals surface area contributed by atoms with Crippen molar-refractivity contribution in [2.75, 3.05) is 12.3 Å². The van der Waals surface area contributed by atoms with Gasteiger partial charge in [-0.1, -0.05) is 42.5 Å². The second kappa shape index (κ2) is 6.95. The summed E-state index contributed by atoms with van der Waals surface area (Å²) in [5.74, 6) is 0. The van der Waals surface area contributed by atoms with Crippen molar-refractivity contribution in [2.24, 2.45) is 0 Å². The monoisotopic (exact) mass is 296 g/mol. The molecule has 22 heavy (non-hydrogen) atoms. The van der Waals surface area contributed by atoms with Gasteiger partial charge in [-0.3, -0.25) is 4.90 Å². The molecule has 0 aromatic heterocycles. The number of nitrogen functional groups attached to an aromatic ring is 1. The minimum atomic E-state index is -0.382. The fourth-order valence-corrected chi connectivity index (χ4v) is 3.37. The molecule has 0 aliphatic carbocycles. The molecule has 2 atom stereocenters. The topological polar surface area (TPSA) is 49.5 Å². The van der Waals surface area contributed by atoms with Crippen LogP contribution in [0.4, 0.5) is 5.69 Å². The zero-order chi connectivity index (χ0) is 15.4. The quantitative estimate of drug-likeness (QED) is 0.832. The number of nitrogens with zero attached hydrogens (tertiary/aromatic N) is 1. The van der Waals surface area contributed by atoms with Gasteiger partial charge in [-0.2, -0.15) is 0 Å². The van der Waals surface area contributed by atoms with E-state index in [0.29, 0.717) is 6.04 Å². The summed E-state index contributed by atoms with van der Waals surface area (Å²) >= 11 is 0. The Bertz CT molecular complexity index is 599. The molecule has 0 spiro atoms. The van der Waals surface area contributed by atoms with Gasteiger partial charge in [-0.05, 0) is 49.1 Å². The number of aliphatic hydroxyl groups is 1. The van der Waals surface area contributed by atoms with E-state index < -0.39 is 0 Å². The van der Waals surface area contributed by atoms with Crippen LogP contribution in [0.3, 0.4) is 0 Å². The molecule has 0 bridgehead atoms. The minimum absolute atomic E-state index is 0.382. The molecule has 1 saturated heterocycles. The molecule has 1 aliphatic rings. The van der Waals surface area contributed by atoms with Gasteiger partial charge in [-0.25, -0.2) is 0 Å². The molecule has 1 heterocycles. The number of rotatable bonds is 5. The van der Waals surface area contributed by atoms with Gasteiger partial charge in [-0.15, -0.1) is 0 Å². The summed E-state index contributed by atoms with van der Waals surface area (Å²) in [5, 5.41) is 10.5. The SMILES string of the molecule is Nc1cccc(CN2CCCC2CC(O)c2ccccc2)c1. The van der Waals surface area contributed by atoms with Crippen LogP contribution in [0.25, 0.3) is 0 Å².